The lowest BCUT2D eigenvalue weighted by Crippen LogP contribution is -2.48. The van der Waals surface area contributed by atoms with Crippen molar-refractivity contribution < 1.29 is 18.0 Å². The number of amides is 2. The van der Waals surface area contributed by atoms with Crippen LogP contribution in [0, 0.1) is 18.8 Å². The summed E-state index contributed by atoms with van der Waals surface area (Å²) in [6.07, 6.45) is 3.41. The summed E-state index contributed by atoms with van der Waals surface area (Å²) in [7, 11) is -0.643. The Morgan fingerprint density at radius 2 is 1.76 bits per heavy atom. The molecule has 0 unspecified atom stereocenters. The fraction of sp³-hybridized carbons (Fsp3) is 0.364. The van der Waals surface area contributed by atoms with Gasteiger partial charge in [-0.05, 0) is 97.7 Å². The zero-order chi connectivity index (χ0) is 32.3. The van der Waals surface area contributed by atoms with Gasteiger partial charge in [-0.15, -0.1) is 0 Å². The molecule has 12 heteroatoms. The van der Waals surface area contributed by atoms with Crippen LogP contribution in [0.3, 0.4) is 0 Å². The molecule has 0 saturated heterocycles. The first-order valence-electron chi connectivity index (χ1n) is 15.1. The molecule has 1 heterocycles. The van der Waals surface area contributed by atoms with Gasteiger partial charge < -0.3 is 16.4 Å². The van der Waals surface area contributed by atoms with Crippen molar-refractivity contribution in [2.45, 2.75) is 50.0 Å². The largest absolute Gasteiger partial charge is 0.344 e. The number of carbonyl (C=O) groups is 2. The van der Waals surface area contributed by atoms with Crippen LogP contribution in [0.2, 0.25) is 0 Å². The molecule has 3 aromatic carbocycles. The van der Waals surface area contributed by atoms with Crippen molar-refractivity contribution in [3.8, 4) is 11.1 Å². The second-order valence-electron chi connectivity index (χ2n) is 12.0. The number of anilines is 1. The Labute approximate surface area is 262 Å². The average molecular weight is 633 g/mol. The van der Waals surface area contributed by atoms with Gasteiger partial charge in [-0.2, -0.15) is 0 Å². The molecule has 2 amide bonds. The van der Waals surface area contributed by atoms with Crippen LogP contribution in [0.4, 0.5) is 5.69 Å². The number of carbonyl (C=O) groups excluding carboxylic acids is 2. The maximum absolute atomic E-state index is 13.7. The number of aromatic amines is 2. The molecule has 5 rings (SSSR count). The molecule has 6 N–H and O–H groups in total. The summed E-state index contributed by atoms with van der Waals surface area (Å²) in [6, 6.07) is 16.6. The Morgan fingerprint density at radius 1 is 1.00 bits per heavy atom. The Hall–Kier alpha value is -4.26. The van der Waals surface area contributed by atoms with Crippen LogP contribution >= 0.6 is 0 Å². The highest BCUT2D eigenvalue weighted by Crippen LogP contribution is 2.30. The van der Waals surface area contributed by atoms with Gasteiger partial charge in [-0.25, -0.2) is 12.7 Å². The Bertz CT molecular complexity index is 1870. The number of aromatic nitrogens is 2. The number of benzene rings is 3. The third-order valence-electron chi connectivity index (χ3n) is 8.69. The van der Waals surface area contributed by atoms with Gasteiger partial charge in [-0.3, -0.25) is 24.6 Å². The smallest absolute Gasteiger partial charge is 0.271 e. The molecular weight excluding hydrogens is 592 g/mol. The first-order chi connectivity index (χ1) is 21.5. The van der Waals surface area contributed by atoms with Gasteiger partial charge in [0.2, 0.25) is 21.8 Å². The minimum absolute atomic E-state index is 0.162. The number of hydrogen-bond acceptors (Lipinski definition) is 6. The molecule has 0 bridgehead atoms. The van der Waals surface area contributed by atoms with Crippen molar-refractivity contribution in [2.24, 2.45) is 17.6 Å². The molecular formula is C33H40N6O5S. The topological polar surface area (TPSA) is 170 Å². The van der Waals surface area contributed by atoms with Gasteiger partial charge in [0.05, 0.1) is 15.8 Å². The summed E-state index contributed by atoms with van der Waals surface area (Å²) in [6.45, 7) is 2.52. The molecule has 1 aliphatic carbocycles. The van der Waals surface area contributed by atoms with Crippen molar-refractivity contribution in [1.29, 1.82) is 0 Å². The van der Waals surface area contributed by atoms with Crippen LogP contribution in [0.1, 0.15) is 36.8 Å². The SMILES string of the molecule is Cc1ccc(S(=O)(=O)N(C)C)cc1-c1cccc(C[C@H](NC(=O)C2CCC(CN)CC2)C(=O)Nc2ccc3c(=O)[nH][nH]c3c2)c1. The zero-order valence-electron chi connectivity index (χ0n) is 25.7. The summed E-state index contributed by atoms with van der Waals surface area (Å²) in [4.78, 5) is 39.2. The van der Waals surface area contributed by atoms with Crippen molar-refractivity contribution >= 4 is 38.4 Å². The summed E-state index contributed by atoms with van der Waals surface area (Å²) in [5, 5.41) is 11.7. The van der Waals surface area contributed by atoms with Crippen LogP contribution in [0.15, 0.2) is 70.4 Å². The standard InChI is InChI=1S/C33H40N6O5S/c1-20-7-13-26(45(43,44)39(2)3)18-28(20)24-6-4-5-22(15-24)16-30(36-31(40)23-10-8-21(19-34)9-11-23)33(42)35-25-12-14-27-29(17-25)37-38-32(27)41/h4-7,12-15,17-18,21,23,30H,8-11,16,19,34H2,1-3H3,(H,35,42)(H,36,40)(H2,37,38,41)/t21?,23?,30-/m0/s1. The first-order valence-corrected chi connectivity index (χ1v) is 16.5. The number of rotatable bonds is 10. The van der Waals surface area contributed by atoms with Gasteiger partial charge in [0, 0.05) is 32.1 Å². The molecule has 0 aliphatic heterocycles. The van der Waals surface area contributed by atoms with E-state index in [1.165, 1.54) is 18.4 Å². The third-order valence-corrected chi connectivity index (χ3v) is 10.5. The molecule has 1 aromatic heterocycles. The van der Waals surface area contributed by atoms with Crippen LogP contribution in [-0.2, 0) is 26.0 Å². The molecule has 1 saturated carbocycles. The van der Waals surface area contributed by atoms with E-state index in [4.69, 9.17) is 5.73 Å². The lowest BCUT2D eigenvalue weighted by molar-refractivity contribution is -0.130. The molecule has 1 fully saturated rings. The van der Waals surface area contributed by atoms with Crippen molar-refractivity contribution in [2.75, 3.05) is 26.0 Å². The van der Waals surface area contributed by atoms with E-state index in [0.29, 0.717) is 29.1 Å². The quantitative estimate of drug-likeness (QED) is 0.179. The summed E-state index contributed by atoms with van der Waals surface area (Å²) in [5.74, 6) is -0.332. The van der Waals surface area contributed by atoms with E-state index >= 15 is 0 Å². The van der Waals surface area contributed by atoms with Crippen LogP contribution in [-0.4, -0.2) is 61.4 Å². The van der Waals surface area contributed by atoms with Gasteiger partial charge in [0.1, 0.15) is 6.04 Å². The third kappa shape index (κ3) is 7.19. The van der Waals surface area contributed by atoms with E-state index in [1.807, 2.05) is 31.2 Å². The van der Waals surface area contributed by atoms with E-state index in [2.05, 4.69) is 20.8 Å². The highest BCUT2D eigenvalue weighted by atomic mass is 32.2. The predicted octanol–water partition coefficient (Wildman–Crippen LogP) is 3.51. The summed E-state index contributed by atoms with van der Waals surface area (Å²) < 4.78 is 26.8. The molecule has 238 valence electrons. The molecule has 4 aromatic rings. The summed E-state index contributed by atoms with van der Waals surface area (Å²) in [5.41, 5.74) is 9.88. The number of aryl methyl sites for hydroxylation is 1. The lowest BCUT2D eigenvalue weighted by atomic mass is 9.81. The maximum atomic E-state index is 13.7. The van der Waals surface area contributed by atoms with Crippen LogP contribution in [0.5, 0.6) is 0 Å². The molecule has 1 atom stereocenters. The van der Waals surface area contributed by atoms with Gasteiger partial charge in [0.25, 0.3) is 5.56 Å². The van der Waals surface area contributed by atoms with Crippen LogP contribution in [0.25, 0.3) is 22.0 Å². The van der Waals surface area contributed by atoms with E-state index < -0.39 is 22.0 Å². The number of nitrogens with one attached hydrogen (secondary N) is 4. The molecule has 11 nitrogen and oxygen atoms in total. The fourth-order valence-electron chi connectivity index (χ4n) is 5.89. The number of H-pyrrole nitrogens is 2. The minimum atomic E-state index is -3.63. The second-order valence-corrected chi connectivity index (χ2v) is 14.2. The molecule has 0 radical (unpaired) electrons. The highest BCUT2D eigenvalue weighted by Gasteiger charge is 2.29. The number of nitrogens with two attached hydrogens (primary N) is 1. The molecule has 45 heavy (non-hydrogen) atoms. The lowest BCUT2D eigenvalue weighted by Gasteiger charge is -2.28. The minimum Gasteiger partial charge on any atom is -0.344 e. The number of hydrogen-bond donors (Lipinski definition) is 5. The monoisotopic (exact) mass is 632 g/mol. The van der Waals surface area contributed by atoms with E-state index in [9.17, 15) is 22.8 Å². The van der Waals surface area contributed by atoms with E-state index in [-0.39, 0.29) is 28.7 Å². The predicted molar refractivity (Wildman–Crippen MR) is 175 cm³/mol. The van der Waals surface area contributed by atoms with Crippen molar-refractivity contribution in [3.63, 3.8) is 0 Å². The average Bonchev–Trinajstić information content (AvgIpc) is 3.40. The fourth-order valence-corrected chi connectivity index (χ4v) is 6.82. The summed E-state index contributed by atoms with van der Waals surface area (Å²) >= 11 is 0. The molecule has 0 spiro atoms. The molecule has 1 aliphatic rings. The number of sulfonamides is 1. The highest BCUT2D eigenvalue weighted by molar-refractivity contribution is 7.89. The van der Waals surface area contributed by atoms with Crippen molar-refractivity contribution in [1.82, 2.24) is 19.8 Å². The number of nitrogens with zero attached hydrogens (tertiary/aromatic N) is 1. The Kier molecular flexibility index (Phi) is 9.56. The van der Waals surface area contributed by atoms with Gasteiger partial charge in [-0.1, -0.05) is 30.3 Å². The zero-order valence-corrected chi connectivity index (χ0v) is 26.5. The number of fused-ring (bicyclic) bond motifs is 1. The van der Waals surface area contributed by atoms with Crippen molar-refractivity contribution in [3.05, 3.63) is 82.1 Å². The van der Waals surface area contributed by atoms with Crippen LogP contribution < -0.4 is 21.9 Å². The van der Waals surface area contributed by atoms with E-state index in [1.54, 1.807) is 36.4 Å². The van der Waals surface area contributed by atoms with Gasteiger partial charge in [0.15, 0.2) is 0 Å². The normalized spacial score (nSPS) is 17.7. The second kappa shape index (κ2) is 13.4. The van der Waals surface area contributed by atoms with Gasteiger partial charge >= 0.3 is 0 Å². The maximum Gasteiger partial charge on any atom is 0.271 e. The Morgan fingerprint density at radius 3 is 2.47 bits per heavy atom. The first kappa shape index (κ1) is 32.1. The Balaban J connectivity index is 1.41. The van der Waals surface area contributed by atoms with E-state index in [0.717, 1.165) is 47.9 Å².